The van der Waals surface area contributed by atoms with E-state index in [0.717, 1.165) is 28.6 Å². The molecular formula is C13H12N4. The highest BCUT2D eigenvalue weighted by Crippen LogP contribution is 2.19. The molecule has 3 rings (SSSR count). The summed E-state index contributed by atoms with van der Waals surface area (Å²) in [5.41, 5.74) is 2.85. The SMILES string of the molecule is Cc1cc2nnc(-c3ccccc3)n2c(C)n1. The first kappa shape index (κ1) is 9.96. The van der Waals surface area contributed by atoms with E-state index < -0.39 is 0 Å². The van der Waals surface area contributed by atoms with Gasteiger partial charge in [0, 0.05) is 17.3 Å². The number of hydrogen-bond acceptors (Lipinski definition) is 3. The molecular weight excluding hydrogens is 212 g/mol. The molecule has 4 nitrogen and oxygen atoms in total. The molecule has 0 saturated heterocycles. The van der Waals surface area contributed by atoms with Crippen molar-refractivity contribution in [3.63, 3.8) is 0 Å². The Morgan fingerprint density at radius 1 is 1.00 bits per heavy atom. The van der Waals surface area contributed by atoms with Crippen molar-refractivity contribution in [2.75, 3.05) is 0 Å². The Labute approximate surface area is 99.0 Å². The average Bonchev–Trinajstić information content (AvgIpc) is 2.74. The molecule has 0 N–H and O–H groups in total. The van der Waals surface area contributed by atoms with Crippen LogP contribution in [0.5, 0.6) is 0 Å². The number of aromatic nitrogens is 4. The van der Waals surface area contributed by atoms with E-state index in [1.807, 2.05) is 54.6 Å². The summed E-state index contributed by atoms with van der Waals surface area (Å²) in [5, 5.41) is 8.43. The molecule has 0 saturated carbocycles. The second kappa shape index (κ2) is 3.66. The van der Waals surface area contributed by atoms with Crippen molar-refractivity contribution in [3.8, 4) is 11.4 Å². The highest BCUT2D eigenvalue weighted by Gasteiger charge is 2.10. The molecule has 2 heterocycles. The van der Waals surface area contributed by atoms with Crippen molar-refractivity contribution >= 4 is 5.65 Å². The minimum atomic E-state index is 0.839. The van der Waals surface area contributed by atoms with Crippen LogP contribution in [0.1, 0.15) is 11.5 Å². The lowest BCUT2D eigenvalue weighted by Crippen LogP contribution is -1.99. The lowest BCUT2D eigenvalue weighted by molar-refractivity contribution is 0.962. The largest absolute Gasteiger partial charge is 0.263 e. The molecule has 0 fully saturated rings. The zero-order chi connectivity index (χ0) is 11.8. The topological polar surface area (TPSA) is 43.1 Å². The van der Waals surface area contributed by atoms with Crippen molar-refractivity contribution in [1.29, 1.82) is 0 Å². The van der Waals surface area contributed by atoms with E-state index in [4.69, 9.17) is 0 Å². The molecule has 2 aromatic heterocycles. The van der Waals surface area contributed by atoms with Gasteiger partial charge in [-0.1, -0.05) is 30.3 Å². The summed E-state index contributed by atoms with van der Waals surface area (Å²) in [6.45, 7) is 3.93. The first-order valence-electron chi connectivity index (χ1n) is 5.50. The van der Waals surface area contributed by atoms with Crippen molar-refractivity contribution in [2.24, 2.45) is 0 Å². The molecule has 0 aliphatic heterocycles. The summed E-state index contributed by atoms with van der Waals surface area (Å²) in [7, 11) is 0. The second-order valence-electron chi connectivity index (χ2n) is 4.03. The zero-order valence-corrected chi connectivity index (χ0v) is 9.75. The summed E-state index contributed by atoms with van der Waals surface area (Å²) in [4.78, 5) is 4.44. The third kappa shape index (κ3) is 1.58. The molecule has 0 spiro atoms. The number of hydrogen-bond donors (Lipinski definition) is 0. The normalized spacial score (nSPS) is 10.9. The Bertz CT molecular complexity index is 670. The van der Waals surface area contributed by atoms with Gasteiger partial charge < -0.3 is 0 Å². The highest BCUT2D eigenvalue weighted by molar-refractivity contribution is 5.59. The summed E-state index contributed by atoms with van der Waals surface area (Å²) < 4.78 is 1.97. The summed E-state index contributed by atoms with van der Waals surface area (Å²) >= 11 is 0. The predicted molar refractivity (Wildman–Crippen MR) is 65.7 cm³/mol. The molecule has 84 valence electrons. The Morgan fingerprint density at radius 3 is 2.53 bits per heavy atom. The molecule has 4 heteroatoms. The summed E-state index contributed by atoms with van der Waals surface area (Å²) in [6, 6.07) is 12.0. The third-order valence-corrected chi connectivity index (χ3v) is 2.72. The van der Waals surface area contributed by atoms with Crippen LogP contribution in [0.15, 0.2) is 36.4 Å². The molecule has 0 aliphatic carbocycles. The fraction of sp³-hybridized carbons (Fsp3) is 0.154. The van der Waals surface area contributed by atoms with Crippen LogP contribution in [-0.4, -0.2) is 19.6 Å². The molecule has 0 unspecified atom stereocenters. The average molecular weight is 224 g/mol. The minimum Gasteiger partial charge on any atom is -0.263 e. The van der Waals surface area contributed by atoms with Gasteiger partial charge in [0.2, 0.25) is 0 Å². The van der Waals surface area contributed by atoms with Crippen LogP contribution < -0.4 is 0 Å². The van der Waals surface area contributed by atoms with Gasteiger partial charge in [-0.2, -0.15) is 0 Å². The maximum atomic E-state index is 4.44. The van der Waals surface area contributed by atoms with Crippen molar-refractivity contribution in [2.45, 2.75) is 13.8 Å². The van der Waals surface area contributed by atoms with Gasteiger partial charge in [0.15, 0.2) is 11.5 Å². The highest BCUT2D eigenvalue weighted by atomic mass is 15.3. The Balaban J connectivity index is 2.32. The lowest BCUT2D eigenvalue weighted by Gasteiger charge is -2.03. The van der Waals surface area contributed by atoms with Crippen LogP contribution in [0.2, 0.25) is 0 Å². The van der Waals surface area contributed by atoms with E-state index in [1.165, 1.54) is 0 Å². The Morgan fingerprint density at radius 2 is 1.76 bits per heavy atom. The molecule has 0 aliphatic rings. The standard InChI is InChI=1S/C13H12N4/c1-9-8-12-15-16-13(17(12)10(2)14-9)11-6-4-3-5-7-11/h3-8H,1-2H3. The van der Waals surface area contributed by atoms with Crippen LogP contribution in [0.25, 0.3) is 17.0 Å². The van der Waals surface area contributed by atoms with E-state index in [0.29, 0.717) is 0 Å². The Hall–Kier alpha value is -2.23. The number of aryl methyl sites for hydroxylation is 2. The van der Waals surface area contributed by atoms with Gasteiger partial charge in [0.05, 0.1) is 0 Å². The van der Waals surface area contributed by atoms with Crippen LogP contribution in [0.4, 0.5) is 0 Å². The fourth-order valence-corrected chi connectivity index (χ4v) is 2.01. The lowest BCUT2D eigenvalue weighted by atomic mass is 10.2. The minimum absolute atomic E-state index is 0.839. The van der Waals surface area contributed by atoms with Crippen LogP contribution >= 0.6 is 0 Å². The summed E-state index contributed by atoms with van der Waals surface area (Å²) in [5.74, 6) is 1.74. The summed E-state index contributed by atoms with van der Waals surface area (Å²) in [6.07, 6.45) is 0. The quantitative estimate of drug-likeness (QED) is 0.637. The van der Waals surface area contributed by atoms with Gasteiger partial charge in [0.1, 0.15) is 5.82 Å². The number of benzene rings is 1. The second-order valence-corrected chi connectivity index (χ2v) is 4.03. The zero-order valence-electron chi connectivity index (χ0n) is 9.75. The van der Waals surface area contributed by atoms with Gasteiger partial charge in [0.25, 0.3) is 0 Å². The van der Waals surface area contributed by atoms with Crippen LogP contribution in [-0.2, 0) is 0 Å². The number of rotatable bonds is 1. The number of fused-ring (bicyclic) bond motifs is 1. The van der Waals surface area contributed by atoms with Crippen LogP contribution in [0.3, 0.4) is 0 Å². The van der Waals surface area contributed by atoms with Crippen molar-refractivity contribution < 1.29 is 0 Å². The van der Waals surface area contributed by atoms with E-state index in [9.17, 15) is 0 Å². The van der Waals surface area contributed by atoms with Crippen molar-refractivity contribution in [3.05, 3.63) is 47.9 Å². The van der Waals surface area contributed by atoms with E-state index in [2.05, 4.69) is 15.2 Å². The monoisotopic (exact) mass is 224 g/mol. The maximum Gasteiger partial charge on any atom is 0.169 e. The number of nitrogens with zero attached hydrogens (tertiary/aromatic N) is 4. The maximum absolute atomic E-state index is 4.44. The van der Waals surface area contributed by atoms with Crippen molar-refractivity contribution in [1.82, 2.24) is 19.6 Å². The van der Waals surface area contributed by atoms with E-state index in [-0.39, 0.29) is 0 Å². The predicted octanol–water partition coefficient (Wildman–Crippen LogP) is 2.41. The van der Waals surface area contributed by atoms with Gasteiger partial charge in [-0.25, -0.2) is 4.98 Å². The molecule has 0 atom stereocenters. The van der Waals surface area contributed by atoms with Gasteiger partial charge in [-0.15, -0.1) is 10.2 Å². The first-order chi connectivity index (χ1) is 8.25. The van der Waals surface area contributed by atoms with E-state index >= 15 is 0 Å². The first-order valence-corrected chi connectivity index (χ1v) is 5.50. The Kier molecular flexibility index (Phi) is 2.14. The van der Waals surface area contributed by atoms with E-state index in [1.54, 1.807) is 0 Å². The molecule has 0 amide bonds. The van der Waals surface area contributed by atoms with Gasteiger partial charge in [-0.05, 0) is 13.8 Å². The molecule has 1 aromatic carbocycles. The van der Waals surface area contributed by atoms with Crippen LogP contribution in [0, 0.1) is 13.8 Å². The molecule has 0 radical (unpaired) electrons. The molecule has 0 bridgehead atoms. The smallest absolute Gasteiger partial charge is 0.169 e. The molecule has 17 heavy (non-hydrogen) atoms. The molecule has 3 aromatic rings. The van der Waals surface area contributed by atoms with Gasteiger partial charge in [-0.3, -0.25) is 4.40 Å². The fourth-order valence-electron chi connectivity index (χ4n) is 2.01. The third-order valence-electron chi connectivity index (χ3n) is 2.72. The van der Waals surface area contributed by atoms with Gasteiger partial charge >= 0.3 is 0 Å².